The fraction of sp³-hybridized carbons (Fsp3) is 0.481. The van der Waals surface area contributed by atoms with Crippen LogP contribution >= 0.6 is 0 Å². The molecule has 1 aliphatic carbocycles. The van der Waals surface area contributed by atoms with Crippen molar-refractivity contribution in [1.29, 1.82) is 0 Å². The second-order valence-electron chi connectivity index (χ2n) is 8.66. The minimum absolute atomic E-state index is 0.0800. The van der Waals surface area contributed by atoms with E-state index in [0.29, 0.717) is 24.5 Å². The molecule has 2 aromatic carbocycles. The molecule has 178 valence electrons. The molecule has 33 heavy (non-hydrogen) atoms. The molecule has 3 rings (SSSR count). The van der Waals surface area contributed by atoms with Gasteiger partial charge in [0.05, 0.1) is 7.11 Å². The Morgan fingerprint density at radius 2 is 1.70 bits per heavy atom. The molecule has 2 aromatic rings. The Kier molecular flexibility index (Phi) is 9.16. The summed E-state index contributed by atoms with van der Waals surface area (Å²) in [6.07, 6.45) is 6.04. The number of nitrogens with one attached hydrogen (secondary N) is 1. The maximum atomic E-state index is 13.4. The van der Waals surface area contributed by atoms with E-state index in [1.54, 1.807) is 24.1 Å². The lowest BCUT2D eigenvalue weighted by Crippen LogP contribution is -2.52. The minimum atomic E-state index is -0.555. The number of carbonyl (C=O) groups is 2. The lowest BCUT2D eigenvalue weighted by atomic mass is 9.95. The zero-order valence-electron chi connectivity index (χ0n) is 20.0. The number of methoxy groups -OCH3 is 1. The van der Waals surface area contributed by atoms with Gasteiger partial charge in [0.2, 0.25) is 5.91 Å². The summed E-state index contributed by atoms with van der Waals surface area (Å²) < 4.78 is 11.1. The van der Waals surface area contributed by atoms with Crippen LogP contribution < -0.4 is 14.8 Å². The number of nitrogens with zero attached hydrogens (tertiary/aromatic N) is 1. The second-order valence-corrected chi connectivity index (χ2v) is 8.66. The fourth-order valence-corrected chi connectivity index (χ4v) is 4.40. The molecule has 0 saturated heterocycles. The number of ether oxygens (including phenoxy) is 2. The standard InChI is InChI=1S/C27H36N2O4/c1-4-23(27(31)28-22-14-6-5-7-15-22)29(18-21-13-9-8-12-20(21)2)26(30)19-33-25-17-11-10-16-24(25)32-3/h8-13,16-17,22-23H,4-7,14-15,18-19H2,1-3H3,(H,28,31)/t23-/m0/s1. The molecule has 0 radical (unpaired) electrons. The van der Waals surface area contributed by atoms with E-state index >= 15 is 0 Å². The average molecular weight is 453 g/mol. The highest BCUT2D eigenvalue weighted by Gasteiger charge is 2.31. The van der Waals surface area contributed by atoms with Crippen LogP contribution in [0.4, 0.5) is 0 Å². The normalized spacial score (nSPS) is 14.9. The summed E-state index contributed by atoms with van der Waals surface area (Å²) in [5, 5.41) is 3.20. The van der Waals surface area contributed by atoms with Gasteiger partial charge in [0, 0.05) is 12.6 Å². The van der Waals surface area contributed by atoms with Crippen LogP contribution in [0.1, 0.15) is 56.6 Å². The number of aryl methyl sites for hydroxylation is 1. The van der Waals surface area contributed by atoms with E-state index in [-0.39, 0.29) is 24.5 Å². The van der Waals surface area contributed by atoms with Crippen LogP contribution in [0.5, 0.6) is 11.5 Å². The molecule has 1 fully saturated rings. The zero-order chi connectivity index (χ0) is 23.6. The second kappa shape index (κ2) is 12.3. The Hall–Kier alpha value is -3.02. The van der Waals surface area contributed by atoms with Crippen molar-refractivity contribution >= 4 is 11.8 Å². The molecular formula is C27H36N2O4. The Morgan fingerprint density at radius 3 is 2.36 bits per heavy atom. The van der Waals surface area contributed by atoms with Crippen molar-refractivity contribution in [3.8, 4) is 11.5 Å². The molecule has 6 nitrogen and oxygen atoms in total. The number of benzene rings is 2. The van der Waals surface area contributed by atoms with Crippen molar-refractivity contribution < 1.29 is 19.1 Å². The van der Waals surface area contributed by atoms with Gasteiger partial charge in [-0.3, -0.25) is 9.59 Å². The Labute approximate surface area is 197 Å². The first-order valence-corrected chi connectivity index (χ1v) is 11.9. The quantitative estimate of drug-likeness (QED) is 0.570. The maximum Gasteiger partial charge on any atom is 0.261 e. The number of amides is 2. The summed E-state index contributed by atoms with van der Waals surface area (Å²) in [4.78, 5) is 28.3. The monoisotopic (exact) mass is 452 g/mol. The van der Waals surface area contributed by atoms with E-state index in [4.69, 9.17) is 9.47 Å². The molecule has 1 aliphatic rings. The number of rotatable bonds is 10. The van der Waals surface area contributed by atoms with E-state index < -0.39 is 6.04 Å². The highest BCUT2D eigenvalue weighted by Crippen LogP contribution is 2.26. The van der Waals surface area contributed by atoms with Crippen LogP contribution in [0.25, 0.3) is 0 Å². The molecule has 2 amide bonds. The predicted octanol–water partition coefficient (Wildman–Crippen LogP) is 4.64. The van der Waals surface area contributed by atoms with Crippen molar-refractivity contribution in [2.24, 2.45) is 0 Å². The van der Waals surface area contributed by atoms with Gasteiger partial charge in [-0.2, -0.15) is 0 Å². The lowest BCUT2D eigenvalue weighted by molar-refractivity contribution is -0.143. The predicted molar refractivity (Wildman–Crippen MR) is 129 cm³/mol. The third-order valence-corrected chi connectivity index (χ3v) is 6.36. The third-order valence-electron chi connectivity index (χ3n) is 6.36. The molecule has 0 unspecified atom stereocenters. The van der Waals surface area contributed by atoms with Crippen molar-refractivity contribution in [2.45, 2.75) is 71.0 Å². The van der Waals surface area contributed by atoms with Gasteiger partial charge in [-0.15, -0.1) is 0 Å². The Morgan fingerprint density at radius 1 is 1.03 bits per heavy atom. The Bertz CT molecular complexity index is 924. The molecule has 0 bridgehead atoms. The first kappa shape index (κ1) is 24.6. The Balaban J connectivity index is 1.78. The topological polar surface area (TPSA) is 67.9 Å². The van der Waals surface area contributed by atoms with Gasteiger partial charge in [-0.05, 0) is 49.4 Å². The highest BCUT2D eigenvalue weighted by atomic mass is 16.5. The molecule has 0 aromatic heterocycles. The molecular weight excluding hydrogens is 416 g/mol. The van der Waals surface area contributed by atoms with Gasteiger partial charge in [-0.1, -0.05) is 62.6 Å². The van der Waals surface area contributed by atoms with Crippen LogP contribution in [0.15, 0.2) is 48.5 Å². The van der Waals surface area contributed by atoms with E-state index in [1.165, 1.54) is 6.42 Å². The van der Waals surface area contributed by atoms with Gasteiger partial charge in [0.15, 0.2) is 18.1 Å². The molecule has 1 saturated carbocycles. The van der Waals surface area contributed by atoms with Gasteiger partial charge >= 0.3 is 0 Å². The molecule has 0 spiro atoms. The van der Waals surface area contributed by atoms with Crippen LogP contribution in [0, 0.1) is 6.92 Å². The average Bonchev–Trinajstić information content (AvgIpc) is 2.84. The molecule has 6 heteroatoms. The smallest absolute Gasteiger partial charge is 0.261 e. The first-order valence-electron chi connectivity index (χ1n) is 11.9. The number of hydrogen-bond acceptors (Lipinski definition) is 4. The van der Waals surface area contributed by atoms with E-state index in [2.05, 4.69) is 5.32 Å². The largest absolute Gasteiger partial charge is 0.493 e. The summed E-state index contributed by atoms with van der Waals surface area (Å²) >= 11 is 0. The molecule has 0 aliphatic heterocycles. The number of carbonyl (C=O) groups excluding carboxylic acids is 2. The third kappa shape index (κ3) is 6.73. The van der Waals surface area contributed by atoms with Crippen LogP contribution in [-0.2, 0) is 16.1 Å². The molecule has 1 atom stereocenters. The summed E-state index contributed by atoms with van der Waals surface area (Å²) in [7, 11) is 1.57. The number of hydrogen-bond donors (Lipinski definition) is 1. The SMILES string of the molecule is CC[C@@H](C(=O)NC1CCCCC1)N(Cc1ccccc1C)C(=O)COc1ccccc1OC. The number of para-hydroxylation sites is 2. The van der Waals surface area contributed by atoms with Crippen molar-refractivity contribution in [1.82, 2.24) is 10.2 Å². The molecule has 1 N–H and O–H groups in total. The van der Waals surface area contributed by atoms with Crippen LogP contribution in [0.2, 0.25) is 0 Å². The van der Waals surface area contributed by atoms with E-state index in [1.807, 2.05) is 50.2 Å². The zero-order valence-corrected chi connectivity index (χ0v) is 20.0. The van der Waals surface area contributed by atoms with Gasteiger partial charge in [-0.25, -0.2) is 0 Å². The van der Waals surface area contributed by atoms with Crippen molar-refractivity contribution in [3.63, 3.8) is 0 Å². The van der Waals surface area contributed by atoms with E-state index in [0.717, 1.165) is 36.8 Å². The van der Waals surface area contributed by atoms with Crippen LogP contribution in [-0.4, -0.2) is 42.5 Å². The maximum absolute atomic E-state index is 13.4. The van der Waals surface area contributed by atoms with Gasteiger partial charge in [0.25, 0.3) is 5.91 Å². The van der Waals surface area contributed by atoms with Crippen molar-refractivity contribution in [2.75, 3.05) is 13.7 Å². The highest BCUT2D eigenvalue weighted by molar-refractivity contribution is 5.88. The molecule has 0 heterocycles. The van der Waals surface area contributed by atoms with Crippen LogP contribution in [0.3, 0.4) is 0 Å². The summed E-state index contributed by atoms with van der Waals surface area (Å²) in [6, 6.07) is 14.8. The lowest BCUT2D eigenvalue weighted by Gasteiger charge is -2.33. The van der Waals surface area contributed by atoms with Gasteiger partial charge < -0.3 is 19.7 Å². The van der Waals surface area contributed by atoms with Gasteiger partial charge in [0.1, 0.15) is 6.04 Å². The summed E-state index contributed by atoms with van der Waals surface area (Å²) in [6.45, 7) is 4.16. The first-order chi connectivity index (χ1) is 16.0. The van der Waals surface area contributed by atoms with Crippen molar-refractivity contribution in [3.05, 3.63) is 59.7 Å². The fourth-order valence-electron chi connectivity index (χ4n) is 4.40. The minimum Gasteiger partial charge on any atom is -0.493 e. The summed E-state index contributed by atoms with van der Waals surface area (Å²) in [5.74, 6) is 0.764. The summed E-state index contributed by atoms with van der Waals surface area (Å²) in [5.41, 5.74) is 2.11. The van der Waals surface area contributed by atoms with E-state index in [9.17, 15) is 9.59 Å².